The van der Waals surface area contributed by atoms with Gasteiger partial charge in [-0.2, -0.15) is 42.0 Å². The summed E-state index contributed by atoms with van der Waals surface area (Å²) in [6.07, 6.45) is 4.07. The molecule has 1 aliphatic carbocycles. The fourth-order valence-electron chi connectivity index (χ4n) is 7.63. The Morgan fingerprint density at radius 2 is 1.19 bits per heavy atom. The number of hydrogen-bond acceptors (Lipinski definition) is 0. The van der Waals surface area contributed by atoms with Crippen molar-refractivity contribution >= 4 is 26.4 Å². The van der Waals surface area contributed by atoms with Crippen LogP contribution >= 0.6 is 23.2 Å². The van der Waals surface area contributed by atoms with E-state index < -0.39 is 0 Å². The molecule has 0 spiro atoms. The van der Waals surface area contributed by atoms with Crippen molar-refractivity contribution in [1.29, 1.82) is 0 Å². The van der Waals surface area contributed by atoms with Gasteiger partial charge in [-0.15, -0.1) is 11.1 Å². The number of halogens is 4. The van der Waals surface area contributed by atoms with E-state index in [2.05, 4.69) is 138 Å². The molecule has 7 aromatic rings. The second-order valence-corrected chi connectivity index (χ2v) is 17.9. The molecule has 0 saturated heterocycles. The molecular weight excluding hydrogens is 870 g/mol. The summed E-state index contributed by atoms with van der Waals surface area (Å²) in [6, 6.07) is 57.0. The van der Waals surface area contributed by atoms with Gasteiger partial charge in [0.05, 0.1) is 0 Å². The van der Waals surface area contributed by atoms with Crippen LogP contribution in [0.1, 0.15) is 69.8 Å². The summed E-state index contributed by atoms with van der Waals surface area (Å²) in [7, 11) is 0. The van der Waals surface area contributed by atoms with E-state index in [0.29, 0.717) is 11.8 Å². The van der Waals surface area contributed by atoms with Crippen molar-refractivity contribution in [1.82, 2.24) is 0 Å². The van der Waals surface area contributed by atoms with E-state index in [9.17, 15) is 0 Å². The van der Waals surface area contributed by atoms with Crippen LogP contribution in [0.25, 0.3) is 22.3 Å². The largest absolute Gasteiger partial charge is 1.00 e. The Bertz CT molecular complexity index is 2290. The molecule has 5 heteroatoms. The van der Waals surface area contributed by atoms with Gasteiger partial charge in [0.15, 0.2) is 0 Å². The summed E-state index contributed by atoms with van der Waals surface area (Å²) >= 11 is 13.2. The Morgan fingerprint density at radius 3 is 1.72 bits per heavy atom. The number of aryl methyl sites for hydroxylation is 3. The Kier molecular flexibility index (Phi) is 18.6. The smallest absolute Gasteiger partial charge is 0.172 e. The molecule has 0 aromatic heterocycles. The summed E-state index contributed by atoms with van der Waals surface area (Å²) in [6.45, 7) is 11.4. The number of fused-ring (bicyclic) bond motifs is 3. The minimum Gasteiger partial charge on any atom is -1.00 e. The van der Waals surface area contributed by atoms with E-state index in [-0.39, 0.29) is 24.8 Å². The fraction of sp³-hybridized carbons (Fsp3) is 0.208. The van der Waals surface area contributed by atoms with Gasteiger partial charge in [0, 0.05) is 0 Å². The molecule has 1 atom stereocenters. The first kappa shape index (κ1) is 47.3. The summed E-state index contributed by atoms with van der Waals surface area (Å²) < 4.78 is 1.52. The molecular formula is C53H50Cl4Zr-2. The molecule has 0 heterocycles. The molecule has 0 radical (unpaired) electrons. The minimum atomic E-state index is 0. The van der Waals surface area contributed by atoms with Crippen molar-refractivity contribution in [2.75, 3.05) is 0 Å². The third-order valence-corrected chi connectivity index (χ3v) is 12.1. The molecule has 58 heavy (non-hydrogen) atoms. The van der Waals surface area contributed by atoms with Gasteiger partial charge in [0.25, 0.3) is 0 Å². The summed E-state index contributed by atoms with van der Waals surface area (Å²) in [5.41, 5.74) is 17.8. The maximum atomic E-state index is 5.88. The molecule has 1 unspecified atom stereocenters. The average Bonchev–Trinajstić information content (AvgIpc) is 3.88. The Hall–Kier alpha value is -3.42. The van der Waals surface area contributed by atoms with Gasteiger partial charge in [-0.3, -0.25) is 0 Å². The van der Waals surface area contributed by atoms with Gasteiger partial charge >= 0.3 is 133 Å². The molecule has 0 bridgehead atoms. The van der Waals surface area contributed by atoms with E-state index in [4.69, 9.17) is 23.2 Å². The summed E-state index contributed by atoms with van der Waals surface area (Å²) in [4.78, 5) is 0. The van der Waals surface area contributed by atoms with Crippen molar-refractivity contribution in [3.8, 4) is 22.3 Å². The van der Waals surface area contributed by atoms with E-state index in [1.54, 1.807) is 0 Å². The number of hydrogen-bond donors (Lipinski definition) is 0. The molecule has 0 fully saturated rings. The van der Waals surface area contributed by atoms with Crippen LogP contribution in [-0.4, -0.2) is 3.21 Å². The Labute approximate surface area is 384 Å². The van der Waals surface area contributed by atoms with Crippen LogP contribution in [0.5, 0.6) is 0 Å². The maximum Gasteiger partial charge on any atom is -0.172 e. The molecule has 8 rings (SSSR count). The van der Waals surface area contributed by atoms with Crippen molar-refractivity contribution in [3.05, 3.63) is 218 Å². The first-order valence-electron chi connectivity index (χ1n) is 19.6. The van der Waals surface area contributed by atoms with Gasteiger partial charge in [-0.25, -0.2) is 12.1 Å². The Balaban J connectivity index is 0.000000250. The number of rotatable bonds is 9. The Morgan fingerprint density at radius 1 is 0.621 bits per heavy atom. The first-order chi connectivity index (χ1) is 27.0. The summed E-state index contributed by atoms with van der Waals surface area (Å²) in [5.74, 6) is 1.10. The molecule has 0 saturated carbocycles. The zero-order valence-electron chi connectivity index (χ0n) is 33.9. The third kappa shape index (κ3) is 12.8. The molecule has 296 valence electrons. The van der Waals surface area contributed by atoms with Crippen LogP contribution < -0.4 is 24.8 Å². The van der Waals surface area contributed by atoms with Crippen LogP contribution in [0.2, 0.25) is 10.0 Å². The van der Waals surface area contributed by atoms with Crippen molar-refractivity contribution in [2.45, 2.75) is 66.2 Å². The molecule has 1 aliphatic rings. The van der Waals surface area contributed by atoms with Gasteiger partial charge in [-0.05, 0) is 84.4 Å². The van der Waals surface area contributed by atoms with Gasteiger partial charge in [0.2, 0.25) is 0 Å². The first-order valence-corrected chi connectivity index (χ1v) is 21.6. The van der Waals surface area contributed by atoms with E-state index in [0.717, 1.165) is 35.7 Å². The SMILES string of the molecule is Cc1ccccc1-c1cc2c(cc1C)-c1ccc(CC(c3ccccc3C)C(C)C)[c-]c1C2.Clc1ccc(C[C](=[Zr+2])Cc2ccc(Cl)cc2)cc1.[Cl-].[Cl-].c1cc[cH-]c1. The topological polar surface area (TPSA) is 0 Å². The fourth-order valence-corrected chi connectivity index (χ4v) is 8.88. The normalized spacial score (nSPS) is 11.4. The van der Waals surface area contributed by atoms with Gasteiger partial charge in [0.1, 0.15) is 0 Å². The molecule has 7 aromatic carbocycles. The van der Waals surface area contributed by atoms with E-state index in [1.807, 2.05) is 54.6 Å². The zero-order valence-corrected chi connectivity index (χ0v) is 39.4. The predicted molar refractivity (Wildman–Crippen MR) is 238 cm³/mol. The van der Waals surface area contributed by atoms with E-state index in [1.165, 1.54) is 99.8 Å². The second kappa shape index (κ2) is 22.8. The van der Waals surface area contributed by atoms with Crippen LogP contribution in [0, 0.1) is 32.8 Å². The van der Waals surface area contributed by atoms with Crippen molar-refractivity contribution < 1.29 is 49.0 Å². The van der Waals surface area contributed by atoms with Crippen LogP contribution in [0.4, 0.5) is 0 Å². The second-order valence-electron chi connectivity index (χ2n) is 15.3. The van der Waals surface area contributed by atoms with Crippen molar-refractivity contribution in [2.24, 2.45) is 5.92 Å². The monoisotopic (exact) mass is 916 g/mol. The minimum absolute atomic E-state index is 0. The van der Waals surface area contributed by atoms with E-state index >= 15 is 0 Å². The van der Waals surface area contributed by atoms with Gasteiger partial charge < -0.3 is 24.8 Å². The maximum absolute atomic E-state index is 5.88. The van der Waals surface area contributed by atoms with Crippen LogP contribution in [0.3, 0.4) is 0 Å². The van der Waals surface area contributed by atoms with Crippen LogP contribution in [-0.2, 0) is 49.9 Å². The zero-order chi connectivity index (χ0) is 39.6. The summed E-state index contributed by atoms with van der Waals surface area (Å²) in [5, 5.41) is 1.59. The standard InChI is InChI=1S/C33H33.C15H12Cl2.C5H5.2ClH.Zr/c1-21(2)31(28-12-8-6-10-22(28)3)18-25-14-15-30-26(17-25)19-27-20-32(24(5)16-33(27)30)29-13-9-7-11-23(29)4;16-14-8-4-12(5-9-14)2-1-3-13-6-10-15(17)11-7-13;1-2-4-5-3-1;;;/h6-16,20-21,31H,18-19H2,1-5H3;4-11H,2-3H2;1-5H;2*1H;/q-1;;-1;;;+2/p-2. The van der Waals surface area contributed by atoms with Gasteiger partial charge in [-0.1, -0.05) is 80.1 Å². The molecule has 0 nitrogen and oxygen atoms in total. The molecule has 0 amide bonds. The third-order valence-electron chi connectivity index (χ3n) is 10.7. The van der Waals surface area contributed by atoms with Crippen LogP contribution in [0.15, 0.2) is 152 Å². The van der Waals surface area contributed by atoms with Crippen molar-refractivity contribution in [3.63, 3.8) is 0 Å². The predicted octanol–water partition coefficient (Wildman–Crippen LogP) is 8.54. The number of benzene rings is 6. The molecule has 0 N–H and O–H groups in total. The molecule has 0 aliphatic heterocycles. The average molecular weight is 920 g/mol. The quantitative estimate of drug-likeness (QED) is 0.128.